The van der Waals surface area contributed by atoms with E-state index in [0.717, 1.165) is 24.8 Å². The Labute approximate surface area is 141 Å². The van der Waals surface area contributed by atoms with Gasteiger partial charge in [0.15, 0.2) is 0 Å². The Balaban J connectivity index is 1.68. The fourth-order valence-corrected chi connectivity index (χ4v) is 3.96. The van der Waals surface area contributed by atoms with Gasteiger partial charge in [0.25, 0.3) is 0 Å². The van der Waals surface area contributed by atoms with Gasteiger partial charge in [-0.3, -0.25) is 4.79 Å². The lowest BCUT2D eigenvalue weighted by Crippen LogP contribution is -2.59. The predicted octanol–water partition coefficient (Wildman–Crippen LogP) is 2.26. The first-order valence-electron chi connectivity index (χ1n) is 8.46. The van der Waals surface area contributed by atoms with Gasteiger partial charge in [0, 0.05) is 6.54 Å². The van der Waals surface area contributed by atoms with Crippen molar-refractivity contribution in [2.75, 3.05) is 6.54 Å². The van der Waals surface area contributed by atoms with Crippen molar-refractivity contribution in [3.8, 4) is 0 Å². The van der Waals surface area contributed by atoms with E-state index in [1.807, 2.05) is 30.3 Å². The number of likely N-dealkylation sites (tertiary alicyclic amines) is 1. The number of amides is 1. The van der Waals surface area contributed by atoms with Crippen molar-refractivity contribution in [3.05, 3.63) is 35.9 Å². The molecule has 1 aromatic carbocycles. The van der Waals surface area contributed by atoms with Gasteiger partial charge in [0.05, 0.1) is 18.1 Å². The van der Waals surface area contributed by atoms with Crippen LogP contribution in [0.25, 0.3) is 0 Å². The van der Waals surface area contributed by atoms with Crippen LogP contribution < -0.4 is 0 Å². The summed E-state index contributed by atoms with van der Waals surface area (Å²) in [7, 11) is 0. The fourth-order valence-electron chi connectivity index (χ4n) is 3.96. The maximum atomic E-state index is 12.5. The third-order valence-electron chi connectivity index (χ3n) is 5.18. The number of rotatable bonds is 3. The van der Waals surface area contributed by atoms with Gasteiger partial charge in [-0.05, 0) is 37.2 Å². The highest BCUT2D eigenvalue weighted by molar-refractivity contribution is 5.72. The highest BCUT2D eigenvalue weighted by atomic mass is 16.6. The molecular formula is C18H23NO5. The molecule has 1 aliphatic carbocycles. The maximum absolute atomic E-state index is 12.5. The van der Waals surface area contributed by atoms with E-state index >= 15 is 0 Å². The molecule has 3 rings (SSSR count). The molecule has 1 amide bonds. The second-order valence-corrected chi connectivity index (χ2v) is 6.64. The van der Waals surface area contributed by atoms with Gasteiger partial charge in [-0.1, -0.05) is 30.3 Å². The van der Waals surface area contributed by atoms with Crippen LogP contribution in [0.3, 0.4) is 0 Å². The minimum atomic E-state index is -1.04. The normalized spacial score (nSPS) is 29.6. The topological polar surface area (TPSA) is 87.1 Å². The summed E-state index contributed by atoms with van der Waals surface area (Å²) in [4.78, 5) is 25.4. The predicted molar refractivity (Wildman–Crippen MR) is 86.2 cm³/mol. The lowest BCUT2D eigenvalue weighted by Gasteiger charge is -2.47. The highest BCUT2D eigenvalue weighted by Gasteiger charge is 2.47. The van der Waals surface area contributed by atoms with E-state index in [0.29, 0.717) is 13.0 Å². The average Bonchev–Trinajstić information content (AvgIpc) is 2.60. The number of carboxylic acids is 1. The number of nitrogens with zero attached hydrogens (tertiary/aromatic N) is 1. The van der Waals surface area contributed by atoms with Crippen LogP contribution in [-0.2, 0) is 16.1 Å². The van der Waals surface area contributed by atoms with E-state index in [4.69, 9.17) is 4.74 Å². The largest absolute Gasteiger partial charge is 0.481 e. The summed E-state index contributed by atoms with van der Waals surface area (Å²) in [6, 6.07) is 8.94. The highest BCUT2D eigenvalue weighted by Crippen LogP contribution is 2.38. The van der Waals surface area contributed by atoms with E-state index in [9.17, 15) is 19.8 Å². The molecule has 1 saturated carbocycles. The van der Waals surface area contributed by atoms with Crippen LogP contribution in [0.2, 0.25) is 0 Å². The van der Waals surface area contributed by atoms with Crippen LogP contribution in [0.15, 0.2) is 30.3 Å². The van der Waals surface area contributed by atoms with Crippen molar-refractivity contribution in [1.82, 2.24) is 4.90 Å². The molecule has 1 saturated heterocycles. The summed E-state index contributed by atoms with van der Waals surface area (Å²) in [5, 5.41) is 19.8. The van der Waals surface area contributed by atoms with E-state index in [2.05, 4.69) is 0 Å². The zero-order valence-corrected chi connectivity index (χ0v) is 13.5. The second-order valence-electron chi connectivity index (χ2n) is 6.64. The van der Waals surface area contributed by atoms with Gasteiger partial charge in [0.2, 0.25) is 0 Å². The van der Waals surface area contributed by atoms with Crippen molar-refractivity contribution in [3.63, 3.8) is 0 Å². The molecular weight excluding hydrogens is 310 g/mol. The summed E-state index contributed by atoms with van der Waals surface area (Å²) >= 11 is 0. The van der Waals surface area contributed by atoms with Crippen LogP contribution in [0, 0.1) is 11.8 Å². The molecule has 4 unspecified atom stereocenters. The number of fused-ring (bicyclic) bond motifs is 1. The van der Waals surface area contributed by atoms with E-state index in [-0.39, 0.29) is 12.5 Å². The molecule has 6 heteroatoms. The number of carbonyl (C=O) groups is 2. The molecule has 1 heterocycles. The number of piperidine rings is 1. The molecule has 0 spiro atoms. The molecule has 1 aliphatic heterocycles. The van der Waals surface area contributed by atoms with Gasteiger partial charge in [0.1, 0.15) is 6.61 Å². The summed E-state index contributed by atoms with van der Waals surface area (Å²) in [6.45, 7) is 0.671. The third-order valence-corrected chi connectivity index (χ3v) is 5.18. The molecule has 24 heavy (non-hydrogen) atoms. The van der Waals surface area contributed by atoms with Gasteiger partial charge >= 0.3 is 12.1 Å². The summed E-state index contributed by atoms with van der Waals surface area (Å²) < 4.78 is 5.39. The fraction of sp³-hybridized carbons (Fsp3) is 0.556. The number of benzene rings is 1. The summed E-state index contributed by atoms with van der Waals surface area (Å²) in [5.41, 5.74) is 0.895. The number of aliphatic hydroxyl groups is 1. The van der Waals surface area contributed by atoms with Crippen LogP contribution in [0.5, 0.6) is 0 Å². The Hall–Kier alpha value is -2.08. The first kappa shape index (κ1) is 16.8. The molecule has 1 aromatic rings. The Morgan fingerprint density at radius 2 is 1.92 bits per heavy atom. The first-order chi connectivity index (χ1) is 11.6. The molecule has 2 fully saturated rings. The number of aliphatic hydroxyl groups excluding tert-OH is 1. The maximum Gasteiger partial charge on any atom is 0.410 e. The van der Waals surface area contributed by atoms with E-state index in [1.165, 1.54) is 4.90 Å². The zero-order chi connectivity index (χ0) is 17.1. The molecule has 0 aromatic heterocycles. The Morgan fingerprint density at radius 1 is 1.17 bits per heavy atom. The minimum absolute atomic E-state index is 0.147. The van der Waals surface area contributed by atoms with Crippen LogP contribution in [0.4, 0.5) is 4.79 Å². The van der Waals surface area contributed by atoms with Gasteiger partial charge in [-0.25, -0.2) is 4.79 Å². The SMILES string of the molecule is O=C(O)C1CCC2CCCN(C(=O)OCc3ccccc3)C2C1O. The monoisotopic (exact) mass is 333 g/mol. The molecule has 2 N–H and O–H groups in total. The van der Waals surface area contributed by atoms with Crippen LogP contribution >= 0.6 is 0 Å². The minimum Gasteiger partial charge on any atom is -0.481 e. The molecule has 0 bridgehead atoms. The zero-order valence-electron chi connectivity index (χ0n) is 13.5. The lowest BCUT2D eigenvalue weighted by molar-refractivity contribution is -0.153. The van der Waals surface area contributed by atoms with Crippen molar-refractivity contribution in [1.29, 1.82) is 0 Å². The van der Waals surface area contributed by atoms with Gasteiger partial charge in [-0.15, -0.1) is 0 Å². The molecule has 6 nitrogen and oxygen atoms in total. The Kier molecular flexibility index (Phi) is 5.04. The van der Waals surface area contributed by atoms with Crippen molar-refractivity contribution in [2.45, 2.75) is 44.4 Å². The lowest BCUT2D eigenvalue weighted by atomic mass is 9.72. The van der Waals surface area contributed by atoms with Crippen LogP contribution in [-0.4, -0.2) is 45.9 Å². The summed E-state index contributed by atoms with van der Waals surface area (Å²) in [6.07, 6.45) is 1.44. The number of hydrogen-bond acceptors (Lipinski definition) is 4. The summed E-state index contributed by atoms with van der Waals surface area (Å²) in [5.74, 6) is -1.66. The quantitative estimate of drug-likeness (QED) is 0.886. The second kappa shape index (κ2) is 7.21. The number of aliphatic carboxylic acids is 1. The number of ether oxygens (including phenoxy) is 1. The first-order valence-corrected chi connectivity index (χ1v) is 8.46. The van der Waals surface area contributed by atoms with Gasteiger partial charge < -0.3 is 19.8 Å². The van der Waals surface area contributed by atoms with Crippen molar-refractivity contribution in [2.24, 2.45) is 11.8 Å². The number of carbonyl (C=O) groups excluding carboxylic acids is 1. The van der Waals surface area contributed by atoms with Gasteiger partial charge in [-0.2, -0.15) is 0 Å². The number of hydrogen-bond donors (Lipinski definition) is 2. The van der Waals surface area contributed by atoms with E-state index < -0.39 is 30.1 Å². The molecule has 4 atom stereocenters. The van der Waals surface area contributed by atoms with E-state index in [1.54, 1.807) is 0 Å². The standard InChI is InChI=1S/C18H23NO5/c20-16-14(17(21)22)9-8-13-7-4-10-19(15(13)16)18(23)24-11-12-5-2-1-3-6-12/h1-3,5-6,13-16,20H,4,7-11H2,(H,21,22). The molecule has 0 radical (unpaired) electrons. The third kappa shape index (κ3) is 3.38. The Morgan fingerprint density at radius 3 is 2.62 bits per heavy atom. The van der Waals surface area contributed by atoms with Crippen molar-refractivity contribution >= 4 is 12.1 Å². The molecule has 2 aliphatic rings. The average molecular weight is 333 g/mol. The smallest absolute Gasteiger partial charge is 0.410 e. The number of carboxylic acid groups (broad SMARTS) is 1. The molecule has 130 valence electrons. The van der Waals surface area contributed by atoms with Crippen molar-refractivity contribution < 1.29 is 24.5 Å². The Bertz CT molecular complexity index is 590. The van der Waals surface area contributed by atoms with Crippen LogP contribution in [0.1, 0.15) is 31.2 Å².